The second-order valence-corrected chi connectivity index (χ2v) is 4.15. The lowest BCUT2D eigenvalue weighted by molar-refractivity contribution is -0.121. The number of likely N-dealkylation sites (tertiary alicyclic amines) is 1. The maximum Gasteiger partial charge on any atom is 0.221 e. The van der Waals surface area contributed by atoms with Gasteiger partial charge < -0.3 is 15.9 Å². The Hall–Kier alpha value is -1.33. The Bertz CT molecular complexity index is 350. The van der Waals surface area contributed by atoms with Crippen LogP contribution in [0.15, 0.2) is 22.8 Å². The van der Waals surface area contributed by atoms with Gasteiger partial charge in [-0.2, -0.15) is 0 Å². The van der Waals surface area contributed by atoms with E-state index in [1.54, 1.807) is 6.26 Å². The van der Waals surface area contributed by atoms with Crippen LogP contribution in [-0.4, -0.2) is 30.4 Å². The normalized spacial score (nSPS) is 23.4. The third-order valence-corrected chi connectivity index (χ3v) is 3.16. The van der Waals surface area contributed by atoms with Gasteiger partial charge in [-0.1, -0.05) is 0 Å². The van der Waals surface area contributed by atoms with E-state index in [2.05, 4.69) is 4.90 Å². The van der Waals surface area contributed by atoms with Gasteiger partial charge in [-0.3, -0.25) is 9.69 Å². The quantitative estimate of drug-likeness (QED) is 0.757. The molecule has 2 heterocycles. The monoisotopic (exact) mass is 223 g/mol. The molecule has 2 rings (SSSR count). The highest BCUT2D eigenvalue weighted by molar-refractivity contribution is 5.77. The van der Waals surface area contributed by atoms with Gasteiger partial charge in [0.15, 0.2) is 0 Å². The average Bonchev–Trinajstić information content (AvgIpc) is 2.88. The van der Waals surface area contributed by atoms with E-state index in [-0.39, 0.29) is 17.9 Å². The van der Waals surface area contributed by atoms with E-state index in [0.717, 1.165) is 18.7 Å². The van der Waals surface area contributed by atoms with Gasteiger partial charge in [0, 0.05) is 13.1 Å². The fourth-order valence-electron chi connectivity index (χ4n) is 2.23. The van der Waals surface area contributed by atoms with Gasteiger partial charge in [0.2, 0.25) is 5.91 Å². The van der Waals surface area contributed by atoms with Crippen molar-refractivity contribution in [3.8, 4) is 0 Å². The van der Waals surface area contributed by atoms with Gasteiger partial charge in [0.1, 0.15) is 5.76 Å². The van der Waals surface area contributed by atoms with E-state index in [4.69, 9.17) is 15.9 Å². The Morgan fingerprint density at radius 3 is 3.00 bits per heavy atom. The average molecular weight is 223 g/mol. The van der Waals surface area contributed by atoms with Gasteiger partial charge in [0.25, 0.3) is 0 Å². The summed E-state index contributed by atoms with van der Waals surface area (Å²) in [6.07, 6.45) is 2.45. The van der Waals surface area contributed by atoms with Crippen LogP contribution in [0.2, 0.25) is 0 Å². The van der Waals surface area contributed by atoms with E-state index in [1.165, 1.54) is 0 Å². The van der Waals surface area contributed by atoms with Gasteiger partial charge in [-0.25, -0.2) is 0 Å². The minimum atomic E-state index is -0.224. The predicted octanol–water partition coefficient (Wildman–Crippen LogP) is 0.0866. The van der Waals surface area contributed by atoms with E-state index >= 15 is 0 Å². The molecule has 0 spiro atoms. The van der Waals surface area contributed by atoms with Crippen LogP contribution in [0, 0.1) is 5.92 Å². The van der Waals surface area contributed by atoms with Crippen molar-refractivity contribution in [2.45, 2.75) is 12.5 Å². The summed E-state index contributed by atoms with van der Waals surface area (Å²) in [5.41, 5.74) is 11.0. The van der Waals surface area contributed by atoms with Crippen LogP contribution in [0.5, 0.6) is 0 Å². The molecule has 1 aliphatic rings. The van der Waals surface area contributed by atoms with Crippen LogP contribution in [0.1, 0.15) is 18.2 Å². The zero-order valence-electron chi connectivity index (χ0n) is 9.13. The maximum atomic E-state index is 11.1. The molecular weight excluding hydrogens is 206 g/mol. The number of nitrogens with zero attached hydrogens (tertiary/aromatic N) is 1. The van der Waals surface area contributed by atoms with Crippen LogP contribution < -0.4 is 11.5 Å². The lowest BCUT2D eigenvalue weighted by atomic mass is 10.1. The largest absolute Gasteiger partial charge is 0.468 e. The highest BCUT2D eigenvalue weighted by atomic mass is 16.3. The molecule has 4 N–H and O–H groups in total. The molecule has 0 bridgehead atoms. The summed E-state index contributed by atoms with van der Waals surface area (Å²) in [4.78, 5) is 13.2. The first-order valence-corrected chi connectivity index (χ1v) is 5.49. The second kappa shape index (κ2) is 4.67. The lowest BCUT2D eigenvalue weighted by Gasteiger charge is -2.24. The first kappa shape index (κ1) is 11.2. The van der Waals surface area contributed by atoms with Crippen molar-refractivity contribution in [3.63, 3.8) is 0 Å². The molecule has 1 aromatic rings. The molecule has 1 aliphatic heterocycles. The molecule has 1 saturated heterocycles. The summed E-state index contributed by atoms with van der Waals surface area (Å²) in [6.45, 7) is 2.01. The Morgan fingerprint density at radius 2 is 2.50 bits per heavy atom. The first-order chi connectivity index (χ1) is 7.72. The van der Waals surface area contributed by atoms with Crippen LogP contribution in [0.4, 0.5) is 0 Å². The topological polar surface area (TPSA) is 85.5 Å². The zero-order valence-corrected chi connectivity index (χ0v) is 9.13. The van der Waals surface area contributed by atoms with Gasteiger partial charge >= 0.3 is 0 Å². The predicted molar refractivity (Wildman–Crippen MR) is 59.4 cm³/mol. The molecule has 5 nitrogen and oxygen atoms in total. The molecule has 1 amide bonds. The van der Waals surface area contributed by atoms with Crippen molar-refractivity contribution in [3.05, 3.63) is 24.2 Å². The van der Waals surface area contributed by atoms with Crippen LogP contribution >= 0.6 is 0 Å². The zero-order chi connectivity index (χ0) is 11.5. The number of hydrogen-bond donors (Lipinski definition) is 2. The number of carbonyl (C=O) groups excluding carboxylic acids is 1. The van der Waals surface area contributed by atoms with E-state index in [1.807, 2.05) is 12.1 Å². The molecule has 1 fully saturated rings. The number of rotatable bonds is 4. The fourth-order valence-corrected chi connectivity index (χ4v) is 2.23. The fraction of sp³-hybridized carbons (Fsp3) is 0.545. The van der Waals surface area contributed by atoms with Crippen molar-refractivity contribution in [1.29, 1.82) is 0 Å². The van der Waals surface area contributed by atoms with Crippen molar-refractivity contribution in [2.24, 2.45) is 17.4 Å². The summed E-state index contributed by atoms with van der Waals surface area (Å²) in [5, 5.41) is 0. The Kier molecular flexibility index (Phi) is 3.26. The molecule has 2 unspecified atom stereocenters. The van der Waals surface area contributed by atoms with Crippen molar-refractivity contribution >= 4 is 5.91 Å². The number of carbonyl (C=O) groups is 1. The molecule has 2 atom stereocenters. The first-order valence-electron chi connectivity index (χ1n) is 5.49. The van der Waals surface area contributed by atoms with Gasteiger partial charge in [0.05, 0.1) is 18.2 Å². The number of nitrogens with two attached hydrogens (primary N) is 2. The molecular formula is C11H17N3O2. The molecule has 88 valence electrons. The van der Waals surface area contributed by atoms with E-state index in [9.17, 15) is 4.79 Å². The number of amides is 1. The van der Waals surface area contributed by atoms with Crippen LogP contribution in [0.25, 0.3) is 0 Å². The molecule has 0 aliphatic carbocycles. The van der Waals surface area contributed by atoms with Gasteiger partial charge in [-0.05, 0) is 25.1 Å². The molecule has 1 aromatic heterocycles. The van der Waals surface area contributed by atoms with Crippen molar-refractivity contribution < 1.29 is 9.21 Å². The van der Waals surface area contributed by atoms with E-state index < -0.39 is 0 Å². The highest BCUT2D eigenvalue weighted by Gasteiger charge is 2.32. The van der Waals surface area contributed by atoms with Crippen LogP contribution in [-0.2, 0) is 4.79 Å². The molecule has 0 saturated carbocycles. The third kappa shape index (κ3) is 2.10. The summed E-state index contributed by atoms with van der Waals surface area (Å²) in [6, 6.07) is 3.81. The maximum absolute atomic E-state index is 11.1. The van der Waals surface area contributed by atoms with Crippen molar-refractivity contribution in [2.75, 3.05) is 19.6 Å². The molecule has 0 aromatic carbocycles. The van der Waals surface area contributed by atoms with Crippen LogP contribution in [0.3, 0.4) is 0 Å². The van der Waals surface area contributed by atoms with Crippen molar-refractivity contribution in [1.82, 2.24) is 4.90 Å². The molecule has 0 radical (unpaired) electrons. The second-order valence-electron chi connectivity index (χ2n) is 4.15. The highest BCUT2D eigenvalue weighted by Crippen LogP contribution is 2.27. The summed E-state index contributed by atoms with van der Waals surface area (Å²) in [7, 11) is 0. The minimum absolute atomic E-state index is 0.0518. The lowest BCUT2D eigenvalue weighted by Crippen LogP contribution is -2.33. The number of primary amides is 1. The van der Waals surface area contributed by atoms with Gasteiger partial charge in [-0.15, -0.1) is 0 Å². The number of furan rings is 1. The number of hydrogen-bond acceptors (Lipinski definition) is 4. The third-order valence-electron chi connectivity index (χ3n) is 3.16. The Balaban J connectivity index is 2.04. The summed E-state index contributed by atoms with van der Waals surface area (Å²) >= 11 is 0. The minimum Gasteiger partial charge on any atom is -0.468 e. The summed E-state index contributed by atoms with van der Waals surface area (Å²) in [5.74, 6) is 0.578. The summed E-state index contributed by atoms with van der Waals surface area (Å²) < 4.78 is 5.36. The Labute approximate surface area is 94.4 Å². The smallest absolute Gasteiger partial charge is 0.221 e. The Morgan fingerprint density at radius 1 is 1.69 bits per heavy atom. The standard InChI is InChI=1S/C11H17N3O2/c12-6-9(10-2-1-5-16-10)14-4-3-8(7-14)11(13)15/h1-2,5,8-9H,3-4,6-7,12H2,(H2,13,15). The SMILES string of the molecule is NCC(c1ccco1)N1CCC(C(N)=O)C1. The molecule has 5 heteroatoms. The molecule has 16 heavy (non-hydrogen) atoms. The van der Waals surface area contributed by atoms with E-state index in [0.29, 0.717) is 13.1 Å².